The lowest BCUT2D eigenvalue weighted by Gasteiger charge is -2.17. The average molecular weight is 451 g/mol. The van der Waals surface area contributed by atoms with Gasteiger partial charge in [0.25, 0.3) is 0 Å². The molecule has 0 aliphatic rings. The van der Waals surface area contributed by atoms with E-state index in [0.717, 1.165) is 30.4 Å². The van der Waals surface area contributed by atoms with Gasteiger partial charge in [0, 0.05) is 38.7 Å². The lowest BCUT2D eigenvalue weighted by molar-refractivity contribution is 0.179. The van der Waals surface area contributed by atoms with E-state index in [1.807, 2.05) is 31.2 Å². The van der Waals surface area contributed by atoms with Crippen LogP contribution in [0.3, 0.4) is 0 Å². The predicted octanol–water partition coefficient (Wildman–Crippen LogP) is 2.67. The van der Waals surface area contributed by atoms with Crippen LogP contribution >= 0.6 is 24.0 Å². The number of rotatable bonds is 10. The Morgan fingerprint density at radius 1 is 1.25 bits per heavy atom. The van der Waals surface area contributed by atoms with Gasteiger partial charge in [-0.15, -0.1) is 24.0 Å². The van der Waals surface area contributed by atoms with Crippen molar-refractivity contribution in [3.8, 4) is 11.5 Å². The Balaban J connectivity index is 0.00000529. The van der Waals surface area contributed by atoms with E-state index in [-0.39, 0.29) is 30.0 Å². The minimum atomic E-state index is 0. The molecular weight excluding hydrogens is 421 g/mol. The van der Waals surface area contributed by atoms with Crippen LogP contribution in [0, 0.1) is 0 Å². The van der Waals surface area contributed by atoms with Crippen molar-refractivity contribution >= 4 is 29.9 Å². The molecular formula is C17H30IN3O3. The highest BCUT2D eigenvalue weighted by Crippen LogP contribution is 2.18. The van der Waals surface area contributed by atoms with Gasteiger partial charge in [0.1, 0.15) is 11.5 Å². The molecule has 0 radical (unpaired) electrons. The molecule has 0 aromatic heterocycles. The lowest BCUT2D eigenvalue weighted by atomic mass is 10.3. The Morgan fingerprint density at radius 2 is 2.00 bits per heavy atom. The van der Waals surface area contributed by atoms with E-state index in [2.05, 4.69) is 22.5 Å². The summed E-state index contributed by atoms with van der Waals surface area (Å²) in [5.41, 5.74) is 0. The molecule has 2 N–H and O–H groups in total. The van der Waals surface area contributed by atoms with E-state index in [9.17, 15) is 0 Å². The Labute approximate surface area is 162 Å². The van der Waals surface area contributed by atoms with Crippen LogP contribution in [0.15, 0.2) is 29.3 Å². The molecule has 1 atom stereocenters. The number of methoxy groups -OCH3 is 2. The highest BCUT2D eigenvalue weighted by Gasteiger charge is 2.04. The first-order valence-corrected chi connectivity index (χ1v) is 8.00. The minimum Gasteiger partial charge on any atom is -0.497 e. The standard InChI is InChI=1S/C17H29N3O3.HI/c1-5-18-17(20-14(2)13-21-3)19-10-7-11-23-16-9-6-8-15(12-16)22-4;/h6,8-9,12,14H,5,7,10-11,13H2,1-4H3,(H2,18,19,20);1H. The SMILES string of the molecule is CCNC(=NCCCOc1cccc(OC)c1)NC(C)COC.I. The Bertz CT molecular complexity index is 472. The monoisotopic (exact) mass is 451 g/mol. The molecule has 0 amide bonds. The van der Waals surface area contributed by atoms with Crippen molar-refractivity contribution in [2.75, 3.05) is 40.5 Å². The van der Waals surface area contributed by atoms with Gasteiger partial charge < -0.3 is 24.8 Å². The van der Waals surface area contributed by atoms with E-state index in [0.29, 0.717) is 19.8 Å². The fraction of sp³-hybridized carbons (Fsp3) is 0.588. The van der Waals surface area contributed by atoms with Crippen molar-refractivity contribution in [2.24, 2.45) is 4.99 Å². The second-order valence-electron chi connectivity index (χ2n) is 5.14. The fourth-order valence-corrected chi connectivity index (χ4v) is 1.98. The summed E-state index contributed by atoms with van der Waals surface area (Å²) in [6.07, 6.45) is 0.840. The molecule has 7 heteroatoms. The minimum absolute atomic E-state index is 0. The molecule has 0 aliphatic carbocycles. The zero-order valence-electron chi connectivity index (χ0n) is 15.0. The number of hydrogen-bond donors (Lipinski definition) is 2. The van der Waals surface area contributed by atoms with Crippen LogP contribution in [-0.2, 0) is 4.74 Å². The summed E-state index contributed by atoms with van der Waals surface area (Å²) in [5, 5.41) is 6.52. The van der Waals surface area contributed by atoms with Crippen molar-refractivity contribution in [2.45, 2.75) is 26.3 Å². The van der Waals surface area contributed by atoms with E-state index in [1.54, 1.807) is 14.2 Å². The van der Waals surface area contributed by atoms with Crippen LogP contribution in [0.4, 0.5) is 0 Å². The van der Waals surface area contributed by atoms with E-state index >= 15 is 0 Å². The summed E-state index contributed by atoms with van der Waals surface area (Å²) < 4.78 is 16.0. The maximum Gasteiger partial charge on any atom is 0.191 e. The van der Waals surface area contributed by atoms with Gasteiger partial charge in [-0.2, -0.15) is 0 Å². The number of halogens is 1. The van der Waals surface area contributed by atoms with E-state index in [1.165, 1.54) is 0 Å². The Kier molecular flexibility index (Phi) is 13.4. The van der Waals surface area contributed by atoms with Crippen molar-refractivity contribution in [1.29, 1.82) is 0 Å². The summed E-state index contributed by atoms with van der Waals surface area (Å²) in [7, 11) is 3.34. The second-order valence-corrected chi connectivity index (χ2v) is 5.14. The number of benzene rings is 1. The number of guanidine groups is 1. The molecule has 1 aromatic rings. The van der Waals surface area contributed by atoms with Gasteiger partial charge in [0.15, 0.2) is 5.96 Å². The van der Waals surface area contributed by atoms with Crippen LogP contribution in [0.25, 0.3) is 0 Å². The van der Waals surface area contributed by atoms with Crippen molar-refractivity contribution in [3.63, 3.8) is 0 Å². The van der Waals surface area contributed by atoms with Crippen LogP contribution in [-0.4, -0.2) is 52.5 Å². The summed E-state index contributed by atoms with van der Waals surface area (Å²) in [5.74, 6) is 2.41. The number of ether oxygens (including phenoxy) is 3. The highest BCUT2D eigenvalue weighted by molar-refractivity contribution is 14.0. The number of nitrogens with zero attached hydrogens (tertiary/aromatic N) is 1. The van der Waals surface area contributed by atoms with Gasteiger partial charge in [-0.3, -0.25) is 4.99 Å². The normalized spacial score (nSPS) is 12.1. The third-order valence-electron chi connectivity index (χ3n) is 3.03. The smallest absolute Gasteiger partial charge is 0.191 e. The van der Waals surface area contributed by atoms with Gasteiger partial charge in [-0.25, -0.2) is 0 Å². The quantitative estimate of drug-likeness (QED) is 0.248. The maximum absolute atomic E-state index is 5.70. The third-order valence-corrected chi connectivity index (χ3v) is 3.03. The molecule has 1 aromatic carbocycles. The molecule has 1 rings (SSSR count). The summed E-state index contributed by atoms with van der Waals surface area (Å²) >= 11 is 0. The van der Waals surface area contributed by atoms with Crippen LogP contribution in [0.5, 0.6) is 11.5 Å². The Morgan fingerprint density at radius 3 is 2.67 bits per heavy atom. The average Bonchev–Trinajstić information content (AvgIpc) is 2.55. The summed E-state index contributed by atoms with van der Waals surface area (Å²) in [6, 6.07) is 7.82. The fourth-order valence-electron chi connectivity index (χ4n) is 1.98. The van der Waals surface area contributed by atoms with Gasteiger partial charge >= 0.3 is 0 Å². The van der Waals surface area contributed by atoms with E-state index < -0.39 is 0 Å². The molecule has 24 heavy (non-hydrogen) atoms. The zero-order chi connectivity index (χ0) is 16.9. The number of aliphatic imine (C=N–C) groups is 1. The molecule has 138 valence electrons. The zero-order valence-corrected chi connectivity index (χ0v) is 17.3. The van der Waals surface area contributed by atoms with Crippen molar-refractivity contribution < 1.29 is 14.2 Å². The number of nitrogens with one attached hydrogen (secondary N) is 2. The van der Waals surface area contributed by atoms with Gasteiger partial charge in [-0.05, 0) is 26.0 Å². The molecule has 0 fully saturated rings. The molecule has 0 saturated carbocycles. The first kappa shape index (κ1) is 22.8. The topological polar surface area (TPSA) is 64.1 Å². The summed E-state index contributed by atoms with van der Waals surface area (Å²) in [6.45, 7) is 6.88. The number of hydrogen-bond acceptors (Lipinski definition) is 4. The highest BCUT2D eigenvalue weighted by atomic mass is 127. The molecule has 0 spiro atoms. The maximum atomic E-state index is 5.70. The molecule has 0 heterocycles. The van der Waals surface area contributed by atoms with Crippen molar-refractivity contribution in [3.05, 3.63) is 24.3 Å². The first-order chi connectivity index (χ1) is 11.2. The molecule has 1 unspecified atom stereocenters. The first-order valence-electron chi connectivity index (χ1n) is 8.00. The van der Waals surface area contributed by atoms with Crippen molar-refractivity contribution in [1.82, 2.24) is 10.6 Å². The largest absolute Gasteiger partial charge is 0.497 e. The van der Waals surface area contributed by atoms with E-state index in [4.69, 9.17) is 14.2 Å². The van der Waals surface area contributed by atoms with Crippen LogP contribution in [0.2, 0.25) is 0 Å². The molecule has 0 saturated heterocycles. The predicted molar refractivity (Wildman–Crippen MR) is 109 cm³/mol. The Hall–Kier alpha value is -1.22. The van der Waals surface area contributed by atoms with Crippen LogP contribution < -0.4 is 20.1 Å². The summed E-state index contributed by atoms with van der Waals surface area (Å²) in [4.78, 5) is 4.53. The third kappa shape index (κ3) is 9.82. The van der Waals surface area contributed by atoms with Gasteiger partial charge in [0.2, 0.25) is 0 Å². The van der Waals surface area contributed by atoms with Gasteiger partial charge in [0.05, 0.1) is 20.3 Å². The molecule has 6 nitrogen and oxygen atoms in total. The molecule has 0 bridgehead atoms. The lowest BCUT2D eigenvalue weighted by Crippen LogP contribution is -2.44. The molecule has 0 aliphatic heterocycles. The second kappa shape index (κ2) is 14.2. The van der Waals surface area contributed by atoms with Crippen LogP contribution in [0.1, 0.15) is 20.3 Å². The van der Waals surface area contributed by atoms with Gasteiger partial charge in [-0.1, -0.05) is 6.07 Å².